The van der Waals surface area contributed by atoms with E-state index in [1.807, 2.05) is 40.9 Å². The van der Waals surface area contributed by atoms with Crippen molar-refractivity contribution in [3.63, 3.8) is 0 Å². The van der Waals surface area contributed by atoms with Gasteiger partial charge in [0, 0.05) is 24.1 Å². The van der Waals surface area contributed by atoms with E-state index in [-0.39, 0.29) is 12.5 Å². The fourth-order valence-corrected chi connectivity index (χ4v) is 4.86. The van der Waals surface area contributed by atoms with Crippen LogP contribution in [-0.2, 0) is 4.79 Å². The molecule has 136 valence electrons. The maximum atomic E-state index is 12.9. The van der Waals surface area contributed by atoms with E-state index in [1.165, 1.54) is 11.1 Å². The Bertz CT molecular complexity index is 794. The van der Waals surface area contributed by atoms with Crippen LogP contribution in [0.1, 0.15) is 22.8 Å². The third-order valence-electron chi connectivity index (χ3n) is 4.97. The number of rotatable bonds is 2. The highest BCUT2D eigenvalue weighted by Gasteiger charge is 2.32. The first-order valence-corrected chi connectivity index (χ1v) is 10.1. The van der Waals surface area contributed by atoms with Gasteiger partial charge in [-0.25, -0.2) is 0 Å². The summed E-state index contributed by atoms with van der Waals surface area (Å²) in [5.74, 6) is 2.33. The summed E-state index contributed by atoms with van der Waals surface area (Å²) in [7, 11) is 0. The predicted molar refractivity (Wildman–Crippen MR) is 104 cm³/mol. The van der Waals surface area contributed by atoms with Gasteiger partial charge in [0.15, 0.2) is 11.5 Å². The summed E-state index contributed by atoms with van der Waals surface area (Å²) in [5, 5.41) is 0.443. The van der Waals surface area contributed by atoms with Crippen LogP contribution in [0.4, 0.5) is 0 Å². The van der Waals surface area contributed by atoms with Gasteiger partial charge in [-0.15, -0.1) is 0 Å². The minimum Gasteiger partial charge on any atom is -0.485 e. The molecule has 0 aromatic heterocycles. The number of ether oxygens (including phenoxy) is 2. The van der Waals surface area contributed by atoms with Crippen molar-refractivity contribution >= 4 is 17.7 Å². The normalized spacial score (nSPS) is 22.6. The molecule has 2 aromatic carbocycles. The zero-order valence-electron chi connectivity index (χ0n) is 14.9. The second kappa shape index (κ2) is 7.62. The maximum absolute atomic E-state index is 12.9. The number of nitrogens with zero attached hydrogens (tertiary/aromatic N) is 1. The molecule has 1 amide bonds. The standard InChI is InChI=1S/C21H23NO3S/c1-15-6-2-3-7-16(15)20-10-11-22(12-13-26-20)21(23)19-14-24-17-8-4-5-9-18(17)25-19/h2-9,19-20H,10-14H2,1H3. The molecular weight excluding hydrogens is 346 g/mol. The third-order valence-corrected chi connectivity index (χ3v) is 6.28. The van der Waals surface area contributed by atoms with Gasteiger partial charge < -0.3 is 14.4 Å². The van der Waals surface area contributed by atoms with Gasteiger partial charge in [-0.1, -0.05) is 36.4 Å². The van der Waals surface area contributed by atoms with E-state index in [4.69, 9.17) is 9.47 Å². The van der Waals surface area contributed by atoms with Crippen molar-refractivity contribution in [3.8, 4) is 11.5 Å². The van der Waals surface area contributed by atoms with Crippen molar-refractivity contribution in [2.24, 2.45) is 0 Å². The van der Waals surface area contributed by atoms with Gasteiger partial charge in [0.25, 0.3) is 5.91 Å². The highest BCUT2D eigenvalue weighted by atomic mass is 32.2. The number of benzene rings is 2. The Morgan fingerprint density at radius 1 is 1.08 bits per heavy atom. The molecule has 0 bridgehead atoms. The smallest absolute Gasteiger partial charge is 0.267 e. The third kappa shape index (κ3) is 3.54. The molecule has 2 aromatic rings. The molecule has 0 N–H and O–H groups in total. The Morgan fingerprint density at radius 2 is 1.85 bits per heavy atom. The molecule has 0 radical (unpaired) electrons. The lowest BCUT2D eigenvalue weighted by Gasteiger charge is -2.30. The van der Waals surface area contributed by atoms with Gasteiger partial charge in [-0.2, -0.15) is 11.8 Å². The fourth-order valence-electron chi connectivity index (χ4n) is 3.53. The Hall–Kier alpha value is -2.14. The van der Waals surface area contributed by atoms with Crippen LogP contribution in [-0.4, -0.2) is 42.4 Å². The molecule has 2 heterocycles. The topological polar surface area (TPSA) is 38.8 Å². The Kier molecular flexibility index (Phi) is 5.07. The first-order valence-electron chi connectivity index (χ1n) is 9.07. The fraction of sp³-hybridized carbons (Fsp3) is 0.381. The number of fused-ring (bicyclic) bond motifs is 1. The zero-order chi connectivity index (χ0) is 17.9. The molecule has 2 aliphatic heterocycles. The quantitative estimate of drug-likeness (QED) is 0.806. The Balaban J connectivity index is 1.41. The lowest BCUT2D eigenvalue weighted by molar-refractivity contribution is -0.140. The number of carbonyl (C=O) groups is 1. The van der Waals surface area contributed by atoms with Crippen LogP contribution in [0.15, 0.2) is 48.5 Å². The van der Waals surface area contributed by atoms with Crippen molar-refractivity contribution in [2.45, 2.75) is 24.7 Å². The minimum atomic E-state index is -0.551. The predicted octanol–water partition coefficient (Wildman–Crippen LogP) is 3.84. The van der Waals surface area contributed by atoms with Crippen LogP contribution in [0, 0.1) is 6.92 Å². The molecule has 4 rings (SSSR count). The molecule has 5 heteroatoms. The largest absolute Gasteiger partial charge is 0.485 e. The second-order valence-corrected chi connectivity index (χ2v) is 8.00. The first-order chi connectivity index (χ1) is 12.7. The van der Waals surface area contributed by atoms with Gasteiger partial charge in [-0.3, -0.25) is 4.79 Å². The van der Waals surface area contributed by atoms with Gasteiger partial charge in [0.2, 0.25) is 6.10 Å². The highest BCUT2D eigenvalue weighted by molar-refractivity contribution is 7.99. The summed E-state index contributed by atoms with van der Waals surface area (Å²) in [5.41, 5.74) is 2.71. The number of aryl methyl sites for hydroxylation is 1. The van der Waals surface area contributed by atoms with Gasteiger partial charge in [0.1, 0.15) is 6.61 Å². The molecule has 2 unspecified atom stereocenters. The maximum Gasteiger partial charge on any atom is 0.267 e. The van der Waals surface area contributed by atoms with Crippen molar-refractivity contribution in [3.05, 3.63) is 59.7 Å². The SMILES string of the molecule is Cc1ccccc1C1CCN(C(=O)C2COc3ccccc3O2)CCS1. The number of hydrogen-bond donors (Lipinski definition) is 0. The van der Waals surface area contributed by atoms with Gasteiger partial charge in [-0.05, 0) is 36.6 Å². The van der Waals surface area contributed by atoms with Crippen molar-refractivity contribution in [1.82, 2.24) is 4.90 Å². The van der Waals surface area contributed by atoms with Crippen LogP contribution >= 0.6 is 11.8 Å². The zero-order valence-corrected chi connectivity index (χ0v) is 15.7. The van der Waals surface area contributed by atoms with E-state index in [0.717, 1.165) is 25.3 Å². The van der Waals surface area contributed by atoms with Crippen LogP contribution in [0.3, 0.4) is 0 Å². The molecule has 4 nitrogen and oxygen atoms in total. The molecule has 0 aliphatic carbocycles. The lowest BCUT2D eigenvalue weighted by atomic mass is 10.0. The average molecular weight is 369 g/mol. The van der Waals surface area contributed by atoms with Gasteiger partial charge in [0.05, 0.1) is 0 Å². The Labute approximate surface area is 158 Å². The molecule has 1 fully saturated rings. The number of hydrogen-bond acceptors (Lipinski definition) is 4. The summed E-state index contributed by atoms with van der Waals surface area (Å²) in [6, 6.07) is 16.1. The van der Waals surface area contributed by atoms with E-state index >= 15 is 0 Å². The van der Waals surface area contributed by atoms with E-state index in [1.54, 1.807) is 0 Å². The summed E-state index contributed by atoms with van der Waals surface area (Å²) in [4.78, 5) is 14.9. The molecule has 0 saturated carbocycles. The van der Waals surface area contributed by atoms with Crippen LogP contribution < -0.4 is 9.47 Å². The monoisotopic (exact) mass is 369 g/mol. The summed E-state index contributed by atoms with van der Waals surface area (Å²) >= 11 is 1.94. The van der Waals surface area contributed by atoms with Crippen LogP contribution in [0.5, 0.6) is 11.5 Å². The molecule has 1 saturated heterocycles. The van der Waals surface area contributed by atoms with Crippen LogP contribution in [0.25, 0.3) is 0 Å². The van der Waals surface area contributed by atoms with E-state index in [9.17, 15) is 4.79 Å². The van der Waals surface area contributed by atoms with E-state index in [0.29, 0.717) is 16.7 Å². The highest BCUT2D eigenvalue weighted by Crippen LogP contribution is 2.36. The number of para-hydroxylation sites is 2. The number of amides is 1. The number of carbonyl (C=O) groups excluding carboxylic acids is 1. The van der Waals surface area contributed by atoms with Gasteiger partial charge >= 0.3 is 0 Å². The van der Waals surface area contributed by atoms with Crippen molar-refractivity contribution in [1.29, 1.82) is 0 Å². The summed E-state index contributed by atoms with van der Waals surface area (Å²) < 4.78 is 11.6. The minimum absolute atomic E-state index is 0.0329. The average Bonchev–Trinajstić information content (AvgIpc) is 2.93. The first kappa shape index (κ1) is 17.3. The molecule has 2 aliphatic rings. The molecular formula is C21H23NO3S. The Morgan fingerprint density at radius 3 is 2.69 bits per heavy atom. The van der Waals surface area contributed by atoms with Crippen molar-refractivity contribution < 1.29 is 14.3 Å². The second-order valence-electron chi connectivity index (χ2n) is 6.69. The van der Waals surface area contributed by atoms with Crippen molar-refractivity contribution in [2.75, 3.05) is 25.4 Å². The molecule has 26 heavy (non-hydrogen) atoms. The molecule has 0 spiro atoms. The van der Waals surface area contributed by atoms with Crippen LogP contribution in [0.2, 0.25) is 0 Å². The number of thioether (sulfide) groups is 1. The van der Waals surface area contributed by atoms with E-state index < -0.39 is 6.10 Å². The van der Waals surface area contributed by atoms with E-state index in [2.05, 4.69) is 31.2 Å². The summed E-state index contributed by atoms with van der Waals surface area (Å²) in [6.45, 7) is 3.95. The lowest BCUT2D eigenvalue weighted by Crippen LogP contribution is -2.47. The summed E-state index contributed by atoms with van der Waals surface area (Å²) in [6.07, 6.45) is 0.413. The molecule has 2 atom stereocenters.